The zero-order valence-corrected chi connectivity index (χ0v) is 16.2. The van der Waals surface area contributed by atoms with Gasteiger partial charge in [0.25, 0.3) is 0 Å². The van der Waals surface area contributed by atoms with Crippen LogP contribution in [0.2, 0.25) is 0 Å². The first-order chi connectivity index (χ1) is 11.2. The molecule has 0 aromatic carbocycles. The fourth-order valence-electron chi connectivity index (χ4n) is 8.24. The summed E-state index contributed by atoms with van der Waals surface area (Å²) in [6.45, 7) is 9.30. The third-order valence-corrected chi connectivity index (χ3v) is 9.77. The summed E-state index contributed by atoms with van der Waals surface area (Å²) < 4.78 is 0. The third kappa shape index (κ3) is 2.21. The van der Waals surface area contributed by atoms with Gasteiger partial charge in [0.15, 0.2) is 0 Å². The van der Waals surface area contributed by atoms with E-state index in [2.05, 4.69) is 20.8 Å². The lowest BCUT2D eigenvalue weighted by molar-refractivity contribution is -0.190. The molecule has 24 heavy (non-hydrogen) atoms. The fraction of sp³-hybridized carbons (Fsp3) is 1.00. The van der Waals surface area contributed by atoms with Crippen molar-refractivity contribution in [2.24, 2.45) is 40.4 Å². The summed E-state index contributed by atoms with van der Waals surface area (Å²) in [5.41, 5.74) is -0.0467. The lowest BCUT2D eigenvalue weighted by Crippen LogP contribution is -2.59. The highest BCUT2D eigenvalue weighted by molar-refractivity contribution is 5.11. The van der Waals surface area contributed by atoms with Crippen LogP contribution in [0.15, 0.2) is 0 Å². The summed E-state index contributed by atoms with van der Waals surface area (Å²) >= 11 is 0. The monoisotopic (exact) mass is 334 g/mol. The molecule has 0 aromatic heterocycles. The van der Waals surface area contributed by atoms with Crippen molar-refractivity contribution in [2.45, 2.75) is 97.2 Å². The lowest BCUT2D eigenvalue weighted by Gasteiger charge is -2.62. The number of hydrogen-bond acceptors (Lipinski definition) is 2. The van der Waals surface area contributed by atoms with Crippen LogP contribution in [0.5, 0.6) is 0 Å². The van der Waals surface area contributed by atoms with Gasteiger partial charge in [0.05, 0.1) is 11.7 Å². The maximum atomic E-state index is 10.6. The predicted octanol–water partition coefficient (Wildman–Crippen LogP) is 4.78. The Hall–Kier alpha value is -0.0800. The van der Waals surface area contributed by atoms with Crippen molar-refractivity contribution in [2.75, 3.05) is 0 Å². The van der Waals surface area contributed by atoms with Crippen molar-refractivity contribution in [3.05, 3.63) is 0 Å². The Balaban J connectivity index is 1.62. The van der Waals surface area contributed by atoms with Crippen LogP contribution in [-0.4, -0.2) is 21.9 Å². The molecule has 138 valence electrons. The zero-order chi connectivity index (χ0) is 17.3. The maximum absolute atomic E-state index is 10.6. The Labute approximate surface area is 148 Å². The van der Waals surface area contributed by atoms with Gasteiger partial charge in [-0.05, 0) is 98.7 Å². The van der Waals surface area contributed by atoms with Gasteiger partial charge in [-0.2, -0.15) is 0 Å². The molecule has 4 rings (SSSR count). The van der Waals surface area contributed by atoms with Crippen molar-refractivity contribution >= 4 is 0 Å². The average molecular weight is 335 g/mol. The molecule has 0 aromatic rings. The molecule has 0 spiro atoms. The second kappa shape index (κ2) is 5.46. The van der Waals surface area contributed by atoms with E-state index in [4.69, 9.17) is 0 Å². The Morgan fingerprint density at radius 1 is 0.875 bits per heavy atom. The minimum Gasteiger partial charge on any atom is -0.390 e. The molecular formula is C22H38O2. The minimum atomic E-state index is -0.874. The van der Waals surface area contributed by atoms with E-state index in [-0.39, 0.29) is 5.41 Å². The van der Waals surface area contributed by atoms with Crippen LogP contribution >= 0.6 is 0 Å². The molecule has 0 radical (unpaired) electrons. The van der Waals surface area contributed by atoms with Gasteiger partial charge in [0, 0.05) is 0 Å². The van der Waals surface area contributed by atoms with Gasteiger partial charge >= 0.3 is 0 Å². The Bertz CT molecular complexity index is 500. The normalized spacial score (nSPS) is 60.2. The van der Waals surface area contributed by atoms with Crippen LogP contribution in [-0.2, 0) is 0 Å². The molecule has 2 N–H and O–H groups in total. The van der Waals surface area contributed by atoms with Gasteiger partial charge in [-0.15, -0.1) is 0 Å². The van der Waals surface area contributed by atoms with Crippen molar-refractivity contribution < 1.29 is 10.2 Å². The van der Waals surface area contributed by atoms with E-state index in [9.17, 15) is 10.2 Å². The SMILES string of the molecule is CC[C@H]1CC[C@H]2[C@@H]3CC[C@H]4C[C@](C)(O)C(O)C[C@]4(C)[C@H]3CC[C@]12C. The average Bonchev–Trinajstić information content (AvgIpc) is 2.85. The van der Waals surface area contributed by atoms with Crippen molar-refractivity contribution in [3.63, 3.8) is 0 Å². The summed E-state index contributed by atoms with van der Waals surface area (Å²) in [5.74, 6) is 4.10. The van der Waals surface area contributed by atoms with E-state index in [1.165, 1.54) is 44.9 Å². The first-order valence-corrected chi connectivity index (χ1v) is 10.6. The molecule has 0 amide bonds. The van der Waals surface area contributed by atoms with Gasteiger partial charge in [0.1, 0.15) is 0 Å². The van der Waals surface area contributed by atoms with Crippen molar-refractivity contribution in [1.29, 1.82) is 0 Å². The Kier molecular flexibility index (Phi) is 3.94. The maximum Gasteiger partial charge on any atom is 0.0880 e. The van der Waals surface area contributed by atoms with E-state index < -0.39 is 11.7 Å². The van der Waals surface area contributed by atoms with E-state index in [0.29, 0.717) is 11.3 Å². The highest BCUT2D eigenvalue weighted by atomic mass is 16.3. The number of aliphatic hydroxyl groups is 2. The number of fused-ring (bicyclic) bond motifs is 5. The minimum absolute atomic E-state index is 0.246. The van der Waals surface area contributed by atoms with E-state index >= 15 is 0 Å². The van der Waals surface area contributed by atoms with Gasteiger partial charge in [0.2, 0.25) is 0 Å². The molecule has 0 saturated heterocycles. The Morgan fingerprint density at radius 3 is 2.29 bits per heavy atom. The highest BCUT2D eigenvalue weighted by Gasteiger charge is 2.61. The first-order valence-electron chi connectivity index (χ1n) is 10.6. The van der Waals surface area contributed by atoms with Crippen molar-refractivity contribution in [3.8, 4) is 0 Å². The summed E-state index contributed by atoms with van der Waals surface area (Å²) in [6, 6.07) is 0. The molecule has 0 aliphatic heterocycles. The predicted molar refractivity (Wildman–Crippen MR) is 97.5 cm³/mol. The second-order valence-corrected chi connectivity index (χ2v) is 10.7. The molecule has 0 heterocycles. The highest BCUT2D eigenvalue weighted by Crippen LogP contribution is 2.68. The van der Waals surface area contributed by atoms with Crippen LogP contribution in [0.4, 0.5) is 0 Å². The molecular weight excluding hydrogens is 296 g/mol. The molecule has 4 aliphatic rings. The largest absolute Gasteiger partial charge is 0.390 e. The van der Waals surface area contributed by atoms with Crippen molar-refractivity contribution in [1.82, 2.24) is 0 Å². The Morgan fingerprint density at radius 2 is 1.58 bits per heavy atom. The number of aliphatic hydroxyl groups excluding tert-OH is 1. The fourth-order valence-corrected chi connectivity index (χ4v) is 8.24. The van der Waals surface area contributed by atoms with Gasteiger partial charge in [-0.1, -0.05) is 27.2 Å². The van der Waals surface area contributed by atoms with Gasteiger partial charge in [-0.3, -0.25) is 0 Å². The summed E-state index contributed by atoms with van der Waals surface area (Å²) in [5, 5.41) is 21.2. The molecule has 4 aliphatic carbocycles. The molecule has 9 atom stereocenters. The smallest absolute Gasteiger partial charge is 0.0880 e. The van der Waals surface area contributed by atoms with Gasteiger partial charge in [-0.25, -0.2) is 0 Å². The standard InChI is InChI=1S/C22H38O2/c1-5-14-7-9-17-16-8-6-15-12-22(4,24)19(23)13-21(15,3)18(16)10-11-20(14,17)2/h14-19,23-24H,5-13H2,1-4H3/t14-,15-,16-,17-,18-,19?,20+,21-,22-/m0/s1. The molecule has 1 unspecified atom stereocenters. The molecule has 0 bridgehead atoms. The zero-order valence-electron chi connectivity index (χ0n) is 16.2. The lowest BCUT2D eigenvalue weighted by atomic mass is 9.43. The third-order valence-electron chi connectivity index (χ3n) is 9.77. The molecule has 4 saturated carbocycles. The summed E-state index contributed by atoms with van der Waals surface area (Å²) in [4.78, 5) is 0. The number of rotatable bonds is 1. The van der Waals surface area contributed by atoms with Crippen LogP contribution < -0.4 is 0 Å². The summed E-state index contributed by atoms with van der Waals surface area (Å²) in [6.07, 6.45) is 10.7. The first kappa shape index (κ1) is 17.3. The van der Waals surface area contributed by atoms with E-state index in [1.54, 1.807) is 0 Å². The molecule has 4 fully saturated rings. The number of hydrogen-bond donors (Lipinski definition) is 2. The van der Waals surface area contributed by atoms with E-state index in [1.807, 2.05) is 6.92 Å². The topological polar surface area (TPSA) is 40.5 Å². The second-order valence-electron chi connectivity index (χ2n) is 10.7. The quantitative estimate of drug-likeness (QED) is 0.724. The van der Waals surface area contributed by atoms with Gasteiger partial charge < -0.3 is 10.2 Å². The van der Waals surface area contributed by atoms with E-state index in [0.717, 1.165) is 36.5 Å². The summed E-state index contributed by atoms with van der Waals surface area (Å²) in [7, 11) is 0. The van der Waals surface area contributed by atoms with Crippen LogP contribution in [0.25, 0.3) is 0 Å². The van der Waals surface area contributed by atoms with Crippen LogP contribution in [0, 0.1) is 40.4 Å². The van der Waals surface area contributed by atoms with Crippen LogP contribution in [0.3, 0.4) is 0 Å². The molecule has 2 nitrogen and oxygen atoms in total. The molecule has 2 heteroatoms. The van der Waals surface area contributed by atoms with Crippen LogP contribution in [0.1, 0.15) is 85.5 Å².